The van der Waals surface area contributed by atoms with Gasteiger partial charge in [-0.05, 0) is 18.3 Å². The highest BCUT2D eigenvalue weighted by molar-refractivity contribution is 7.91. The number of carboxylic acid groups (broad SMARTS) is 1. The molecule has 1 heterocycles. The summed E-state index contributed by atoms with van der Waals surface area (Å²) in [7, 11) is -2.98. The molecule has 0 aromatic carbocycles. The molecule has 1 fully saturated rings. The lowest BCUT2D eigenvalue weighted by Crippen LogP contribution is -2.30. The molecule has 88 valence electrons. The summed E-state index contributed by atoms with van der Waals surface area (Å²) >= 11 is 0. The first-order chi connectivity index (χ1) is 6.87. The molecule has 0 aromatic rings. The summed E-state index contributed by atoms with van der Waals surface area (Å²) < 4.78 is 22.6. The van der Waals surface area contributed by atoms with Crippen molar-refractivity contribution in [2.75, 3.05) is 11.5 Å². The molecule has 0 spiro atoms. The summed E-state index contributed by atoms with van der Waals surface area (Å²) in [5.41, 5.74) is 0. The highest BCUT2D eigenvalue weighted by Crippen LogP contribution is 2.32. The highest BCUT2D eigenvalue weighted by atomic mass is 32.2. The van der Waals surface area contributed by atoms with Gasteiger partial charge in [-0.25, -0.2) is 8.42 Å². The molecule has 1 saturated heterocycles. The molecular formula is C10H18O4S. The monoisotopic (exact) mass is 234 g/mol. The Bertz CT molecular complexity index is 333. The molecule has 1 N–H and O–H groups in total. The van der Waals surface area contributed by atoms with Crippen molar-refractivity contribution in [2.45, 2.75) is 26.7 Å². The van der Waals surface area contributed by atoms with E-state index in [1.807, 2.05) is 13.8 Å². The lowest BCUT2D eigenvalue weighted by atomic mass is 9.81. The van der Waals surface area contributed by atoms with E-state index in [0.29, 0.717) is 6.42 Å². The molecule has 1 rings (SSSR count). The van der Waals surface area contributed by atoms with Crippen LogP contribution >= 0.6 is 0 Å². The van der Waals surface area contributed by atoms with Crippen molar-refractivity contribution < 1.29 is 18.3 Å². The van der Waals surface area contributed by atoms with E-state index in [2.05, 4.69) is 0 Å². The van der Waals surface area contributed by atoms with E-state index in [4.69, 9.17) is 5.11 Å². The van der Waals surface area contributed by atoms with Crippen LogP contribution in [0.4, 0.5) is 0 Å². The van der Waals surface area contributed by atoms with Gasteiger partial charge >= 0.3 is 5.97 Å². The van der Waals surface area contributed by atoms with E-state index in [0.717, 1.165) is 6.42 Å². The number of hydrogen-bond acceptors (Lipinski definition) is 3. The van der Waals surface area contributed by atoms with Gasteiger partial charge in [0.15, 0.2) is 9.84 Å². The van der Waals surface area contributed by atoms with Crippen LogP contribution in [0, 0.1) is 17.8 Å². The van der Waals surface area contributed by atoms with Gasteiger partial charge in [-0.15, -0.1) is 0 Å². The van der Waals surface area contributed by atoms with Gasteiger partial charge in [0, 0.05) is 0 Å². The fourth-order valence-electron chi connectivity index (χ4n) is 2.27. The van der Waals surface area contributed by atoms with Gasteiger partial charge < -0.3 is 5.11 Å². The molecule has 0 radical (unpaired) electrons. The van der Waals surface area contributed by atoms with Crippen molar-refractivity contribution in [1.82, 2.24) is 0 Å². The summed E-state index contributed by atoms with van der Waals surface area (Å²) in [6.07, 6.45) is 1.27. The molecule has 3 unspecified atom stereocenters. The van der Waals surface area contributed by atoms with Gasteiger partial charge in [-0.1, -0.05) is 20.3 Å². The Balaban J connectivity index is 2.79. The first-order valence-corrected chi connectivity index (χ1v) is 7.12. The predicted molar refractivity (Wildman–Crippen MR) is 57.3 cm³/mol. The molecule has 3 atom stereocenters. The van der Waals surface area contributed by atoms with Crippen LogP contribution in [0.3, 0.4) is 0 Å². The lowest BCUT2D eigenvalue weighted by molar-refractivity contribution is -0.145. The minimum absolute atomic E-state index is 0.0424. The fourth-order valence-corrected chi connectivity index (χ4v) is 4.13. The van der Waals surface area contributed by atoms with Crippen LogP contribution in [-0.4, -0.2) is 31.0 Å². The van der Waals surface area contributed by atoms with E-state index < -0.39 is 21.7 Å². The average Bonchev–Trinajstić information content (AvgIpc) is 2.45. The van der Waals surface area contributed by atoms with Crippen LogP contribution in [0.15, 0.2) is 0 Å². The van der Waals surface area contributed by atoms with Crippen LogP contribution in [-0.2, 0) is 14.6 Å². The molecule has 0 amide bonds. The minimum atomic E-state index is -2.98. The standard InChI is InChI=1S/C10H18O4S/c1-3-7(2)9(10(11)12)8-4-5-15(13,14)6-8/h7-9H,3-6H2,1-2H3,(H,11,12). The van der Waals surface area contributed by atoms with Crippen molar-refractivity contribution in [3.05, 3.63) is 0 Å². The molecule has 0 aliphatic carbocycles. The van der Waals surface area contributed by atoms with Crippen molar-refractivity contribution in [2.24, 2.45) is 17.8 Å². The van der Waals surface area contributed by atoms with Crippen LogP contribution in [0.1, 0.15) is 26.7 Å². The lowest BCUT2D eigenvalue weighted by Gasteiger charge is -2.23. The number of hydrogen-bond donors (Lipinski definition) is 1. The zero-order valence-electron chi connectivity index (χ0n) is 9.14. The summed E-state index contributed by atoms with van der Waals surface area (Å²) in [6.45, 7) is 3.81. The van der Waals surface area contributed by atoms with E-state index in [1.165, 1.54) is 0 Å². The Labute approximate surface area is 90.6 Å². The van der Waals surface area contributed by atoms with Crippen molar-refractivity contribution in [1.29, 1.82) is 0 Å². The molecule has 0 bridgehead atoms. The Kier molecular flexibility index (Phi) is 3.76. The summed E-state index contributed by atoms with van der Waals surface area (Å²) in [5.74, 6) is -1.31. The number of aliphatic carboxylic acids is 1. The third kappa shape index (κ3) is 2.93. The topological polar surface area (TPSA) is 71.4 Å². The number of carboxylic acids is 1. The van der Waals surface area contributed by atoms with Crippen molar-refractivity contribution in [3.63, 3.8) is 0 Å². The average molecular weight is 234 g/mol. The third-order valence-corrected chi connectivity index (χ3v) is 5.11. The zero-order chi connectivity index (χ0) is 11.6. The predicted octanol–water partition coefficient (Wildman–Crippen LogP) is 1.17. The fraction of sp³-hybridized carbons (Fsp3) is 0.900. The summed E-state index contributed by atoms with van der Waals surface area (Å²) in [5, 5.41) is 9.11. The molecule has 5 heteroatoms. The van der Waals surface area contributed by atoms with Crippen LogP contribution in [0.25, 0.3) is 0 Å². The van der Waals surface area contributed by atoms with Gasteiger partial charge in [0.25, 0.3) is 0 Å². The number of carbonyl (C=O) groups is 1. The SMILES string of the molecule is CCC(C)C(C(=O)O)C1CCS(=O)(=O)C1. The van der Waals surface area contributed by atoms with E-state index in [1.54, 1.807) is 0 Å². The van der Waals surface area contributed by atoms with E-state index in [-0.39, 0.29) is 23.3 Å². The van der Waals surface area contributed by atoms with Crippen molar-refractivity contribution >= 4 is 15.8 Å². The zero-order valence-corrected chi connectivity index (χ0v) is 9.96. The van der Waals surface area contributed by atoms with Gasteiger partial charge in [0.1, 0.15) is 0 Å². The normalized spacial score (nSPS) is 28.5. The smallest absolute Gasteiger partial charge is 0.307 e. The molecule has 15 heavy (non-hydrogen) atoms. The maximum atomic E-state index is 11.3. The Morgan fingerprint density at radius 3 is 2.47 bits per heavy atom. The second kappa shape index (κ2) is 4.51. The van der Waals surface area contributed by atoms with Crippen LogP contribution < -0.4 is 0 Å². The first kappa shape index (κ1) is 12.5. The molecular weight excluding hydrogens is 216 g/mol. The van der Waals surface area contributed by atoms with Crippen LogP contribution in [0.2, 0.25) is 0 Å². The number of rotatable bonds is 4. The second-order valence-electron chi connectivity index (χ2n) is 4.41. The molecule has 1 aliphatic heterocycles. The third-order valence-electron chi connectivity index (χ3n) is 3.32. The van der Waals surface area contributed by atoms with Gasteiger partial charge in [-0.3, -0.25) is 4.79 Å². The molecule has 0 saturated carbocycles. The molecule has 0 aromatic heterocycles. The van der Waals surface area contributed by atoms with Crippen molar-refractivity contribution in [3.8, 4) is 0 Å². The van der Waals surface area contributed by atoms with Gasteiger partial charge in [-0.2, -0.15) is 0 Å². The van der Waals surface area contributed by atoms with Gasteiger partial charge in [0.05, 0.1) is 17.4 Å². The van der Waals surface area contributed by atoms with E-state index >= 15 is 0 Å². The minimum Gasteiger partial charge on any atom is -0.481 e. The van der Waals surface area contributed by atoms with E-state index in [9.17, 15) is 13.2 Å². The highest BCUT2D eigenvalue weighted by Gasteiger charge is 2.39. The largest absolute Gasteiger partial charge is 0.481 e. The Morgan fingerprint density at radius 2 is 2.13 bits per heavy atom. The summed E-state index contributed by atoms with van der Waals surface area (Å²) in [6, 6.07) is 0. The van der Waals surface area contributed by atoms with Crippen LogP contribution in [0.5, 0.6) is 0 Å². The maximum Gasteiger partial charge on any atom is 0.307 e. The second-order valence-corrected chi connectivity index (χ2v) is 6.64. The first-order valence-electron chi connectivity index (χ1n) is 5.30. The number of sulfone groups is 1. The quantitative estimate of drug-likeness (QED) is 0.792. The Morgan fingerprint density at radius 1 is 1.53 bits per heavy atom. The Hall–Kier alpha value is -0.580. The summed E-state index contributed by atoms with van der Waals surface area (Å²) in [4.78, 5) is 11.1. The molecule has 4 nitrogen and oxygen atoms in total. The molecule has 1 aliphatic rings. The van der Waals surface area contributed by atoms with Gasteiger partial charge in [0.2, 0.25) is 0 Å². The maximum absolute atomic E-state index is 11.3.